The molecule has 1 unspecified atom stereocenters. The lowest BCUT2D eigenvalue weighted by Gasteiger charge is -2.22. The highest BCUT2D eigenvalue weighted by Crippen LogP contribution is 2.16. The number of nitrogens with one attached hydrogen (secondary N) is 2. The van der Waals surface area contributed by atoms with E-state index in [4.69, 9.17) is 0 Å². The minimum atomic E-state index is 0.182. The van der Waals surface area contributed by atoms with Gasteiger partial charge in [0, 0.05) is 5.56 Å². The fourth-order valence-corrected chi connectivity index (χ4v) is 2.78. The molecule has 0 aliphatic carbocycles. The van der Waals surface area contributed by atoms with E-state index in [2.05, 4.69) is 10.6 Å². The molecule has 1 aromatic rings. The molecule has 3 nitrogen and oxygen atoms in total. The molecule has 0 spiro atoms. The quantitative estimate of drug-likeness (QED) is 0.565. The van der Waals surface area contributed by atoms with Crippen molar-refractivity contribution in [2.75, 3.05) is 26.2 Å². The van der Waals surface area contributed by atoms with E-state index < -0.39 is 0 Å². The van der Waals surface area contributed by atoms with Crippen molar-refractivity contribution in [1.29, 1.82) is 0 Å². The monoisotopic (exact) mass is 274 g/mol. The molecule has 1 aliphatic heterocycles. The predicted octanol–water partition coefficient (Wildman–Crippen LogP) is 2.63. The summed E-state index contributed by atoms with van der Waals surface area (Å²) in [7, 11) is 0. The van der Waals surface area contributed by atoms with Crippen molar-refractivity contribution < 1.29 is 4.79 Å². The van der Waals surface area contributed by atoms with Crippen molar-refractivity contribution in [2.24, 2.45) is 5.92 Å². The predicted molar refractivity (Wildman–Crippen MR) is 83.1 cm³/mol. The molecule has 2 rings (SSSR count). The van der Waals surface area contributed by atoms with Crippen LogP contribution in [0.3, 0.4) is 0 Å². The smallest absolute Gasteiger partial charge is 0.176 e. The van der Waals surface area contributed by atoms with Crippen molar-refractivity contribution in [3.8, 4) is 0 Å². The zero-order valence-corrected chi connectivity index (χ0v) is 12.2. The Morgan fingerprint density at radius 3 is 2.85 bits per heavy atom. The zero-order chi connectivity index (χ0) is 14.0. The molecule has 20 heavy (non-hydrogen) atoms. The summed E-state index contributed by atoms with van der Waals surface area (Å²) in [6.07, 6.45) is 6.46. The number of carbonyl (C=O) groups is 1. The lowest BCUT2D eigenvalue weighted by atomic mass is 9.94. The van der Waals surface area contributed by atoms with Crippen LogP contribution in [0.5, 0.6) is 0 Å². The van der Waals surface area contributed by atoms with Crippen molar-refractivity contribution in [1.82, 2.24) is 10.6 Å². The van der Waals surface area contributed by atoms with E-state index in [1.807, 2.05) is 30.3 Å². The Kier molecular flexibility index (Phi) is 6.75. The van der Waals surface area contributed by atoms with E-state index in [0.29, 0.717) is 6.54 Å². The van der Waals surface area contributed by atoms with Crippen LogP contribution in [0.1, 0.15) is 42.5 Å². The summed E-state index contributed by atoms with van der Waals surface area (Å²) < 4.78 is 0. The highest BCUT2D eigenvalue weighted by molar-refractivity contribution is 5.97. The number of piperidine rings is 1. The number of benzene rings is 1. The normalized spacial score (nSPS) is 18.9. The molecule has 110 valence electrons. The molecule has 1 atom stereocenters. The van der Waals surface area contributed by atoms with Gasteiger partial charge >= 0.3 is 0 Å². The first-order valence-electron chi connectivity index (χ1n) is 7.86. The number of ketones is 1. The molecule has 1 aromatic carbocycles. The van der Waals surface area contributed by atoms with Gasteiger partial charge < -0.3 is 10.6 Å². The molecule has 2 N–H and O–H groups in total. The van der Waals surface area contributed by atoms with Gasteiger partial charge in [0.05, 0.1) is 6.54 Å². The lowest BCUT2D eigenvalue weighted by molar-refractivity contribution is 0.0991. The van der Waals surface area contributed by atoms with Crippen molar-refractivity contribution in [3.05, 3.63) is 35.9 Å². The fraction of sp³-hybridized carbons (Fsp3) is 0.588. The first-order valence-corrected chi connectivity index (χ1v) is 7.86. The summed E-state index contributed by atoms with van der Waals surface area (Å²) in [6, 6.07) is 9.50. The van der Waals surface area contributed by atoms with E-state index in [-0.39, 0.29) is 5.78 Å². The third-order valence-corrected chi connectivity index (χ3v) is 4.00. The van der Waals surface area contributed by atoms with Crippen molar-refractivity contribution in [2.45, 2.75) is 32.1 Å². The summed E-state index contributed by atoms with van der Waals surface area (Å²) >= 11 is 0. The summed E-state index contributed by atoms with van der Waals surface area (Å²) in [5, 5.41) is 6.72. The summed E-state index contributed by atoms with van der Waals surface area (Å²) in [6.45, 7) is 3.79. The second-order valence-electron chi connectivity index (χ2n) is 5.67. The van der Waals surface area contributed by atoms with E-state index in [1.54, 1.807) is 0 Å². The summed E-state index contributed by atoms with van der Waals surface area (Å²) in [4.78, 5) is 11.9. The van der Waals surface area contributed by atoms with E-state index in [0.717, 1.165) is 18.0 Å². The second-order valence-corrected chi connectivity index (χ2v) is 5.67. The maximum atomic E-state index is 11.9. The van der Waals surface area contributed by atoms with Crippen LogP contribution >= 0.6 is 0 Å². The van der Waals surface area contributed by atoms with Crippen LogP contribution in [0.4, 0.5) is 0 Å². The van der Waals surface area contributed by atoms with Crippen LogP contribution in [0.25, 0.3) is 0 Å². The molecule has 1 aliphatic rings. The number of rotatable bonds is 8. The van der Waals surface area contributed by atoms with Gasteiger partial charge in [-0.05, 0) is 51.2 Å². The fourth-order valence-electron chi connectivity index (χ4n) is 2.78. The van der Waals surface area contributed by atoms with E-state index >= 15 is 0 Å². The zero-order valence-electron chi connectivity index (χ0n) is 12.2. The van der Waals surface area contributed by atoms with Gasteiger partial charge in [-0.2, -0.15) is 0 Å². The van der Waals surface area contributed by atoms with Gasteiger partial charge in [0.1, 0.15) is 0 Å². The number of unbranched alkanes of at least 4 members (excludes halogenated alkanes) is 1. The van der Waals surface area contributed by atoms with Gasteiger partial charge in [0.2, 0.25) is 0 Å². The maximum absolute atomic E-state index is 11.9. The highest BCUT2D eigenvalue weighted by atomic mass is 16.1. The Morgan fingerprint density at radius 1 is 1.25 bits per heavy atom. The minimum absolute atomic E-state index is 0.182. The van der Waals surface area contributed by atoms with Crippen LogP contribution in [0.2, 0.25) is 0 Å². The Morgan fingerprint density at radius 2 is 2.10 bits per heavy atom. The standard InChI is InChI=1S/C17H26N2O/c20-17(16-9-2-1-3-10-16)14-19-11-5-4-7-15-8-6-12-18-13-15/h1-3,9-10,15,18-19H,4-8,11-14H2. The van der Waals surface area contributed by atoms with Crippen molar-refractivity contribution >= 4 is 5.78 Å². The average Bonchev–Trinajstić information content (AvgIpc) is 2.52. The van der Waals surface area contributed by atoms with Gasteiger partial charge in [0.15, 0.2) is 5.78 Å². The second kappa shape index (κ2) is 8.88. The van der Waals surface area contributed by atoms with Crippen LogP contribution in [0.15, 0.2) is 30.3 Å². The van der Waals surface area contributed by atoms with Crippen LogP contribution in [0, 0.1) is 5.92 Å². The van der Waals surface area contributed by atoms with E-state index in [9.17, 15) is 4.79 Å². The molecule has 0 bridgehead atoms. The SMILES string of the molecule is O=C(CNCCCCC1CCCNC1)c1ccccc1. The first kappa shape index (κ1) is 15.2. The number of carbonyl (C=O) groups excluding carboxylic acids is 1. The van der Waals surface area contributed by atoms with Gasteiger partial charge in [-0.3, -0.25) is 4.79 Å². The minimum Gasteiger partial charge on any atom is -0.316 e. The largest absolute Gasteiger partial charge is 0.316 e. The molecular weight excluding hydrogens is 248 g/mol. The Labute approximate surface area is 122 Å². The Bertz CT molecular complexity index is 385. The van der Waals surface area contributed by atoms with Crippen LogP contribution < -0.4 is 10.6 Å². The van der Waals surface area contributed by atoms with Gasteiger partial charge in [-0.25, -0.2) is 0 Å². The van der Waals surface area contributed by atoms with Crippen LogP contribution in [-0.4, -0.2) is 32.0 Å². The number of hydrogen-bond donors (Lipinski definition) is 2. The highest BCUT2D eigenvalue weighted by Gasteiger charge is 2.11. The molecule has 0 radical (unpaired) electrons. The molecule has 1 saturated heterocycles. The lowest BCUT2D eigenvalue weighted by Crippen LogP contribution is -2.29. The first-order chi connectivity index (χ1) is 9.86. The maximum Gasteiger partial charge on any atom is 0.176 e. The Hall–Kier alpha value is -1.19. The van der Waals surface area contributed by atoms with E-state index in [1.165, 1.54) is 45.2 Å². The average molecular weight is 274 g/mol. The Balaban J connectivity index is 1.50. The number of Topliss-reactive ketones (excluding diaryl/α,β-unsaturated/α-hetero) is 1. The van der Waals surface area contributed by atoms with Gasteiger partial charge in [-0.15, -0.1) is 0 Å². The molecule has 3 heteroatoms. The molecule has 0 saturated carbocycles. The molecule has 1 heterocycles. The molecular formula is C17H26N2O. The summed E-state index contributed by atoms with van der Waals surface area (Å²) in [5.41, 5.74) is 0.799. The third-order valence-electron chi connectivity index (χ3n) is 4.00. The summed E-state index contributed by atoms with van der Waals surface area (Å²) in [5.74, 6) is 1.05. The third kappa shape index (κ3) is 5.43. The van der Waals surface area contributed by atoms with Gasteiger partial charge in [-0.1, -0.05) is 36.8 Å². The van der Waals surface area contributed by atoms with Gasteiger partial charge in [0.25, 0.3) is 0 Å². The molecule has 0 amide bonds. The molecule has 0 aromatic heterocycles. The topological polar surface area (TPSA) is 41.1 Å². The van der Waals surface area contributed by atoms with Crippen molar-refractivity contribution in [3.63, 3.8) is 0 Å². The number of hydrogen-bond acceptors (Lipinski definition) is 3. The van der Waals surface area contributed by atoms with Crippen LogP contribution in [-0.2, 0) is 0 Å². The molecule has 1 fully saturated rings.